The number of H-pyrrole nitrogens is 1. The van der Waals surface area contributed by atoms with E-state index >= 15 is 0 Å². The predicted octanol–water partition coefficient (Wildman–Crippen LogP) is 4.22. The number of nitrogens with one attached hydrogen (secondary N) is 1. The molecule has 122 valence electrons. The lowest BCUT2D eigenvalue weighted by Crippen LogP contribution is -2.42. The van der Waals surface area contributed by atoms with Crippen LogP contribution in [0.4, 0.5) is 0 Å². The number of nitrogens with zero attached hydrogens (tertiary/aromatic N) is 2. The molecule has 2 heterocycles. The Balaban J connectivity index is 1.58. The van der Waals surface area contributed by atoms with Crippen LogP contribution in [-0.2, 0) is 4.79 Å². The minimum Gasteiger partial charge on any atom is -0.339 e. The highest BCUT2D eigenvalue weighted by Crippen LogP contribution is 2.24. The van der Waals surface area contributed by atoms with Crippen LogP contribution in [0.3, 0.4) is 0 Å². The van der Waals surface area contributed by atoms with Gasteiger partial charge in [-0.3, -0.25) is 4.79 Å². The van der Waals surface area contributed by atoms with Gasteiger partial charge in [-0.25, -0.2) is 4.98 Å². The number of benzene rings is 1. The lowest BCUT2D eigenvalue weighted by atomic mass is 10.0. The predicted molar refractivity (Wildman–Crippen MR) is 94.8 cm³/mol. The highest BCUT2D eigenvalue weighted by molar-refractivity contribution is 7.99. The smallest absolute Gasteiger partial charge is 0.233 e. The maximum atomic E-state index is 12.3. The molecule has 0 aliphatic carbocycles. The second kappa shape index (κ2) is 7.41. The Bertz CT molecular complexity index is 671. The Morgan fingerprint density at radius 2 is 2.17 bits per heavy atom. The summed E-state index contributed by atoms with van der Waals surface area (Å²) in [5.74, 6) is 0.629. The highest BCUT2D eigenvalue weighted by Gasteiger charge is 2.23. The summed E-state index contributed by atoms with van der Waals surface area (Å²) in [7, 11) is 0. The fraction of sp³-hybridized carbons (Fsp3) is 0.412. The molecule has 1 saturated heterocycles. The van der Waals surface area contributed by atoms with Gasteiger partial charge in [-0.15, -0.1) is 0 Å². The first-order chi connectivity index (χ1) is 11.1. The lowest BCUT2D eigenvalue weighted by Gasteiger charge is -2.33. The quantitative estimate of drug-likeness (QED) is 0.840. The number of imidazole rings is 1. The minimum absolute atomic E-state index is 0.201. The molecule has 0 bridgehead atoms. The number of likely N-dealkylation sites (tertiary alicyclic amines) is 1. The van der Waals surface area contributed by atoms with Gasteiger partial charge in [-0.05, 0) is 43.9 Å². The zero-order chi connectivity index (χ0) is 16.2. The third-order valence-corrected chi connectivity index (χ3v) is 5.29. The zero-order valence-corrected chi connectivity index (χ0v) is 14.7. The van der Waals surface area contributed by atoms with Crippen molar-refractivity contribution in [1.29, 1.82) is 0 Å². The van der Waals surface area contributed by atoms with Crippen molar-refractivity contribution >= 4 is 29.3 Å². The molecule has 1 aliphatic heterocycles. The molecule has 0 unspecified atom stereocenters. The molecule has 23 heavy (non-hydrogen) atoms. The average Bonchev–Trinajstić information content (AvgIpc) is 3.03. The van der Waals surface area contributed by atoms with Crippen molar-refractivity contribution in [3.63, 3.8) is 0 Å². The van der Waals surface area contributed by atoms with Crippen molar-refractivity contribution in [2.45, 2.75) is 37.4 Å². The number of aromatic nitrogens is 2. The van der Waals surface area contributed by atoms with E-state index in [1.54, 1.807) is 6.20 Å². The number of amides is 1. The summed E-state index contributed by atoms with van der Waals surface area (Å²) in [5, 5.41) is 1.48. The minimum atomic E-state index is 0.201. The average molecular weight is 350 g/mol. The van der Waals surface area contributed by atoms with Gasteiger partial charge < -0.3 is 9.88 Å². The van der Waals surface area contributed by atoms with Gasteiger partial charge in [-0.1, -0.05) is 35.5 Å². The number of carbonyl (C=O) groups is 1. The number of piperidine rings is 1. The Kier molecular flexibility index (Phi) is 5.28. The molecule has 4 nitrogen and oxygen atoms in total. The molecule has 0 radical (unpaired) electrons. The summed E-state index contributed by atoms with van der Waals surface area (Å²) < 4.78 is 0. The summed E-state index contributed by atoms with van der Waals surface area (Å²) in [5.41, 5.74) is 1.97. The normalized spacial score (nSPS) is 18.2. The Hall–Kier alpha value is -1.46. The Morgan fingerprint density at radius 1 is 1.39 bits per heavy atom. The first kappa shape index (κ1) is 16.4. The Labute approximate surface area is 145 Å². The number of hydrogen-bond acceptors (Lipinski definition) is 3. The van der Waals surface area contributed by atoms with Gasteiger partial charge in [0.25, 0.3) is 0 Å². The van der Waals surface area contributed by atoms with Gasteiger partial charge in [0.1, 0.15) is 0 Å². The Morgan fingerprint density at radius 3 is 2.91 bits per heavy atom. The fourth-order valence-corrected chi connectivity index (χ4v) is 3.70. The van der Waals surface area contributed by atoms with Gasteiger partial charge in [0.05, 0.1) is 17.6 Å². The number of aromatic amines is 1. The second-order valence-corrected chi connectivity index (χ2v) is 7.23. The van der Waals surface area contributed by atoms with Gasteiger partial charge >= 0.3 is 0 Å². The van der Waals surface area contributed by atoms with E-state index in [1.165, 1.54) is 18.2 Å². The first-order valence-electron chi connectivity index (χ1n) is 7.86. The largest absolute Gasteiger partial charge is 0.339 e. The SMILES string of the molecule is C[C@@H]1CCCCN1C(=O)CSc1ncc(-c2ccc(Cl)cc2)[nH]1. The number of thioether (sulfide) groups is 1. The van der Waals surface area contributed by atoms with Crippen LogP contribution in [0, 0.1) is 0 Å². The molecule has 1 atom stereocenters. The molecule has 6 heteroatoms. The lowest BCUT2D eigenvalue weighted by molar-refractivity contribution is -0.131. The van der Waals surface area contributed by atoms with Gasteiger partial charge in [0.2, 0.25) is 5.91 Å². The van der Waals surface area contributed by atoms with Crippen molar-refractivity contribution < 1.29 is 4.79 Å². The molecular formula is C17H20ClN3OS. The van der Waals surface area contributed by atoms with Crippen LogP contribution in [0.1, 0.15) is 26.2 Å². The van der Waals surface area contributed by atoms with Crippen LogP contribution in [-0.4, -0.2) is 39.1 Å². The fourth-order valence-electron chi connectivity index (χ4n) is 2.83. The number of hydrogen-bond donors (Lipinski definition) is 1. The number of rotatable bonds is 4. The van der Waals surface area contributed by atoms with Gasteiger partial charge in [0, 0.05) is 17.6 Å². The van der Waals surface area contributed by atoms with Crippen LogP contribution < -0.4 is 0 Å². The van der Waals surface area contributed by atoms with Crippen LogP contribution in [0.5, 0.6) is 0 Å². The monoisotopic (exact) mass is 349 g/mol. The second-order valence-electron chi connectivity index (χ2n) is 5.83. The van der Waals surface area contributed by atoms with E-state index in [9.17, 15) is 4.79 Å². The molecule has 1 aliphatic rings. The highest BCUT2D eigenvalue weighted by atomic mass is 35.5. The standard InChI is InChI=1S/C17H20ClN3OS/c1-12-4-2-3-9-21(12)16(22)11-23-17-19-10-15(20-17)13-5-7-14(18)8-6-13/h5-8,10,12H,2-4,9,11H2,1H3,(H,19,20)/t12-/m1/s1. The van der Waals surface area contributed by atoms with Gasteiger partial charge in [0.15, 0.2) is 5.16 Å². The first-order valence-corrected chi connectivity index (χ1v) is 9.23. The molecule has 0 saturated carbocycles. The van der Waals surface area contributed by atoms with E-state index < -0.39 is 0 Å². The van der Waals surface area contributed by atoms with E-state index in [0.29, 0.717) is 16.8 Å². The van der Waals surface area contributed by atoms with E-state index in [4.69, 9.17) is 11.6 Å². The molecule has 1 fully saturated rings. The van der Waals surface area contributed by atoms with Crippen LogP contribution in [0.25, 0.3) is 11.3 Å². The zero-order valence-electron chi connectivity index (χ0n) is 13.1. The molecular weight excluding hydrogens is 330 g/mol. The summed E-state index contributed by atoms with van der Waals surface area (Å²) in [6.07, 6.45) is 5.24. The van der Waals surface area contributed by atoms with E-state index in [-0.39, 0.29) is 5.91 Å². The molecule has 0 spiro atoms. The molecule has 1 aromatic heterocycles. The molecule has 1 aromatic carbocycles. The third-order valence-electron chi connectivity index (χ3n) is 4.16. The van der Waals surface area contributed by atoms with Crippen LogP contribution in [0.15, 0.2) is 35.6 Å². The van der Waals surface area contributed by atoms with Crippen LogP contribution >= 0.6 is 23.4 Å². The molecule has 1 N–H and O–H groups in total. The molecule has 2 aromatic rings. The van der Waals surface area contributed by atoms with E-state index in [1.807, 2.05) is 29.2 Å². The topological polar surface area (TPSA) is 49.0 Å². The maximum Gasteiger partial charge on any atom is 0.233 e. The van der Waals surface area contributed by atoms with E-state index in [0.717, 1.165) is 35.8 Å². The summed E-state index contributed by atoms with van der Waals surface area (Å²) in [4.78, 5) is 22.0. The van der Waals surface area contributed by atoms with Crippen molar-refractivity contribution in [3.05, 3.63) is 35.5 Å². The number of carbonyl (C=O) groups excluding carboxylic acids is 1. The van der Waals surface area contributed by atoms with Gasteiger partial charge in [-0.2, -0.15) is 0 Å². The summed E-state index contributed by atoms with van der Waals surface area (Å²) in [6.45, 7) is 3.02. The number of halogens is 1. The van der Waals surface area contributed by atoms with Crippen molar-refractivity contribution in [2.24, 2.45) is 0 Å². The maximum absolute atomic E-state index is 12.3. The summed E-state index contributed by atoms with van der Waals surface area (Å²) >= 11 is 7.36. The van der Waals surface area contributed by atoms with Crippen LogP contribution in [0.2, 0.25) is 5.02 Å². The molecule has 1 amide bonds. The third kappa shape index (κ3) is 4.09. The van der Waals surface area contributed by atoms with Crippen molar-refractivity contribution in [2.75, 3.05) is 12.3 Å². The summed E-state index contributed by atoms with van der Waals surface area (Å²) in [6, 6.07) is 7.96. The van der Waals surface area contributed by atoms with Crippen molar-refractivity contribution in [1.82, 2.24) is 14.9 Å². The molecule has 3 rings (SSSR count). The van der Waals surface area contributed by atoms with Crippen molar-refractivity contribution in [3.8, 4) is 11.3 Å². The van der Waals surface area contributed by atoms with E-state index in [2.05, 4.69) is 16.9 Å².